The molecule has 0 saturated heterocycles. The van der Waals surface area contributed by atoms with Gasteiger partial charge in [-0.25, -0.2) is 8.42 Å². The van der Waals surface area contributed by atoms with Crippen LogP contribution in [0.1, 0.15) is 11.3 Å². The molecule has 2 rings (SSSR count). The molecular formula is C13H16N4O4S. The van der Waals surface area contributed by atoms with Crippen LogP contribution in [0.3, 0.4) is 0 Å². The van der Waals surface area contributed by atoms with Crippen molar-refractivity contribution in [1.29, 1.82) is 0 Å². The third-order valence-electron chi connectivity index (χ3n) is 3.26. The van der Waals surface area contributed by atoms with Gasteiger partial charge in [-0.2, -0.15) is 9.40 Å². The Morgan fingerprint density at radius 2 is 2.00 bits per heavy atom. The number of nitro benzene ring substituents is 1. The molecule has 118 valence electrons. The highest BCUT2D eigenvalue weighted by Gasteiger charge is 2.29. The van der Waals surface area contributed by atoms with Gasteiger partial charge in [0.1, 0.15) is 0 Å². The second kappa shape index (κ2) is 5.85. The number of para-hydroxylation sites is 1. The van der Waals surface area contributed by atoms with E-state index in [2.05, 4.69) is 5.10 Å². The number of benzene rings is 1. The van der Waals surface area contributed by atoms with Crippen LogP contribution >= 0.6 is 0 Å². The summed E-state index contributed by atoms with van der Waals surface area (Å²) in [5, 5.41) is 15.2. The summed E-state index contributed by atoms with van der Waals surface area (Å²) in [7, 11) is -0.835. The van der Waals surface area contributed by atoms with E-state index in [0.29, 0.717) is 5.69 Å². The maximum Gasteiger partial charge on any atom is 0.289 e. The van der Waals surface area contributed by atoms with Gasteiger partial charge < -0.3 is 0 Å². The summed E-state index contributed by atoms with van der Waals surface area (Å²) >= 11 is 0. The second-order valence-electron chi connectivity index (χ2n) is 4.90. The Hall–Kier alpha value is -2.26. The Labute approximate surface area is 128 Å². The Bertz CT molecular complexity index is 813. The van der Waals surface area contributed by atoms with E-state index >= 15 is 0 Å². The highest BCUT2D eigenvalue weighted by molar-refractivity contribution is 7.89. The number of nitro groups is 1. The number of nitrogens with zero attached hydrogens (tertiary/aromatic N) is 4. The molecule has 0 unspecified atom stereocenters. The number of rotatable bonds is 5. The van der Waals surface area contributed by atoms with E-state index in [4.69, 9.17) is 0 Å². The van der Waals surface area contributed by atoms with Crippen LogP contribution in [0.2, 0.25) is 0 Å². The molecule has 22 heavy (non-hydrogen) atoms. The third-order valence-corrected chi connectivity index (χ3v) is 5.11. The molecule has 9 heteroatoms. The fourth-order valence-corrected chi connectivity index (χ4v) is 3.42. The van der Waals surface area contributed by atoms with E-state index in [1.165, 1.54) is 31.3 Å². The lowest BCUT2D eigenvalue weighted by Gasteiger charge is -2.16. The molecule has 0 spiro atoms. The first kappa shape index (κ1) is 16.1. The highest BCUT2D eigenvalue weighted by atomic mass is 32.2. The number of aryl methyl sites for hydroxylation is 2. The van der Waals surface area contributed by atoms with E-state index < -0.39 is 20.6 Å². The molecule has 0 saturated carbocycles. The third kappa shape index (κ3) is 3.00. The Morgan fingerprint density at radius 3 is 2.55 bits per heavy atom. The predicted molar refractivity (Wildman–Crippen MR) is 79.7 cm³/mol. The fourth-order valence-electron chi connectivity index (χ4n) is 2.12. The molecule has 0 aliphatic carbocycles. The minimum atomic E-state index is -3.97. The molecule has 1 aromatic carbocycles. The van der Waals surface area contributed by atoms with Crippen molar-refractivity contribution in [3.05, 3.63) is 51.8 Å². The topological polar surface area (TPSA) is 98.3 Å². The summed E-state index contributed by atoms with van der Waals surface area (Å²) in [4.78, 5) is 10.0. The van der Waals surface area contributed by atoms with Gasteiger partial charge in [-0.3, -0.25) is 14.8 Å². The summed E-state index contributed by atoms with van der Waals surface area (Å²) in [5.41, 5.74) is 1.02. The molecule has 8 nitrogen and oxygen atoms in total. The van der Waals surface area contributed by atoms with Gasteiger partial charge in [-0.1, -0.05) is 12.1 Å². The smallest absolute Gasteiger partial charge is 0.275 e. The van der Waals surface area contributed by atoms with Gasteiger partial charge >= 0.3 is 0 Å². The molecule has 2 aromatic rings. The summed E-state index contributed by atoms with van der Waals surface area (Å²) in [6.45, 7) is 1.87. The molecule has 0 N–H and O–H groups in total. The van der Waals surface area contributed by atoms with Crippen molar-refractivity contribution < 1.29 is 13.3 Å². The SMILES string of the molecule is Cc1nn(C)cc1CN(C)S(=O)(=O)c1ccccc1[N+](=O)[O-]. The average Bonchev–Trinajstić information content (AvgIpc) is 2.76. The standard InChI is InChI=1S/C13H16N4O4S/c1-10-11(8-15(2)14-10)9-16(3)22(20,21)13-7-5-4-6-12(13)17(18)19/h4-8H,9H2,1-3H3. The first-order valence-corrected chi connectivity index (χ1v) is 7.86. The van der Waals surface area contributed by atoms with E-state index in [9.17, 15) is 18.5 Å². The van der Waals surface area contributed by atoms with Gasteiger partial charge in [0.2, 0.25) is 10.0 Å². The fraction of sp³-hybridized carbons (Fsp3) is 0.308. The average molecular weight is 324 g/mol. The molecule has 1 heterocycles. The van der Waals surface area contributed by atoms with Crippen LogP contribution in [0.4, 0.5) is 5.69 Å². The number of hydrogen-bond acceptors (Lipinski definition) is 5. The Morgan fingerprint density at radius 1 is 1.36 bits per heavy atom. The van der Waals surface area contributed by atoms with E-state index in [-0.39, 0.29) is 11.4 Å². The zero-order chi connectivity index (χ0) is 16.5. The van der Waals surface area contributed by atoms with Crippen LogP contribution in [0, 0.1) is 17.0 Å². The lowest BCUT2D eigenvalue weighted by Crippen LogP contribution is -2.27. The second-order valence-corrected chi connectivity index (χ2v) is 6.91. The van der Waals surface area contributed by atoms with E-state index in [1.54, 1.807) is 24.9 Å². The zero-order valence-electron chi connectivity index (χ0n) is 12.4. The monoisotopic (exact) mass is 324 g/mol. The molecule has 0 bridgehead atoms. The maximum absolute atomic E-state index is 12.6. The molecule has 0 aliphatic rings. The first-order chi connectivity index (χ1) is 10.2. The number of hydrogen-bond donors (Lipinski definition) is 0. The van der Waals surface area contributed by atoms with E-state index in [0.717, 1.165) is 9.87 Å². The summed E-state index contributed by atoms with van der Waals surface area (Å²) in [5.74, 6) is 0. The number of sulfonamides is 1. The quantitative estimate of drug-likeness (QED) is 0.612. The summed E-state index contributed by atoms with van der Waals surface area (Å²) in [6.07, 6.45) is 1.72. The molecule has 1 aromatic heterocycles. The maximum atomic E-state index is 12.6. The van der Waals surface area contributed by atoms with Crippen LogP contribution in [-0.2, 0) is 23.6 Å². The van der Waals surface area contributed by atoms with Gasteiger partial charge in [0.05, 0.1) is 10.6 Å². The Balaban J connectivity index is 2.38. The van der Waals surface area contributed by atoms with Crippen molar-refractivity contribution in [3.63, 3.8) is 0 Å². The molecule has 0 fully saturated rings. The van der Waals surface area contributed by atoms with Crippen molar-refractivity contribution in [2.75, 3.05) is 7.05 Å². The van der Waals surface area contributed by atoms with Crippen molar-refractivity contribution in [2.24, 2.45) is 7.05 Å². The van der Waals surface area contributed by atoms with Crippen molar-refractivity contribution >= 4 is 15.7 Å². The van der Waals surface area contributed by atoms with Crippen LogP contribution in [-0.4, -0.2) is 34.5 Å². The number of aromatic nitrogens is 2. The zero-order valence-corrected chi connectivity index (χ0v) is 13.2. The largest absolute Gasteiger partial charge is 0.289 e. The van der Waals surface area contributed by atoms with Gasteiger partial charge in [0, 0.05) is 38.5 Å². The minimum absolute atomic E-state index is 0.0913. The molecular weight excluding hydrogens is 308 g/mol. The van der Waals surface area contributed by atoms with Crippen LogP contribution < -0.4 is 0 Å². The van der Waals surface area contributed by atoms with Crippen molar-refractivity contribution in [2.45, 2.75) is 18.4 Å². The normalized spacial score (nSPS) is 11.8. The van der Waals surface area contributed by atoms with Crippen LogP contribution in [0.5, 0.6) is 0 Å². The van der Waals surface area contributed by atoms with Crippen LogP contribution in [0.25, 0.3) is 0 Å². The van der Waals surface area contributed by atoms with Gasteiger partial charge in [0.15, 0.2) is 4.90 Å². The van der Waals surface area contributed by atoms with Gasteiger partial charge in [-0.05, 0) is 13.0 Å². The van der Waals surface area contributed by atoms with Crippen LogP contribution in [0.15, 0.2) is 35.4 Å². The molecule has 0 atom stereocenters. The van der Waals surface area contributed by atoms with Gasteiger partial charge in [0.25, 0.3) is 5.69 Å². The molecule has 0 radical (unpaired) electrons. The molecule has 0 amide bonds. The predicted octanol–water partition coefficient (Wildman–Crippen LogP) is 1.46. The first-order valence-electron chi connectivity index (χ1n) is 6.42. The lowest BCUT2D eigenvalue weighted by molar-refractivity contribution is -0.387. The minimum Gasteiger partial charge on any atom is -0.275 e. The molecule has 0 aliphatic heterocycles. The van der Waals surface area contributed by atoms with Crippen molar-refractivity contribution in [3.8, 4) is 0 Å². The Kier molecular flexibility index (Phi) is 4.29. The van der Waals surface area contributed by atoms with Gasteiger partial charge in [-0.15, -0.1) is 0 Å². The summed E-state index contributed by atoms with van der Waals surface area (Å²) < 4.78 is 27.8. The van der Waals surface area contributed by atoms with E-state index in [1.807, 2.05) is 0 Å². The summed E-state index contributed by atoms with van der Waals surface area (Å²) in [6, 6.07) is 5.31. The lowest BCUT2D eigenvalue weighted by atomic mass is 10.3. The van der Waals surface area contributed by atoms with Crippen molar-refractivity contribution in [1.82, 2.24) is 14.1 Å². The highest BCUT2D eigenvalue weighted by Crippen LogP contribution is 2.26.